The Kier molecular flexibility index (Phi) is 7.38. The Morgan fingerprint density at radius 2 is 2.09 bits per heavy atom. The molecule has 1 amide bonds. The molecule has 1 saturated carbocycles. The third kappa shape index (κ3) is 5.46. The van der Waals surface area contributed by atoms with E-state index >= 15 is 0 Å². The smallest absolute Gasteiger partial charge is 0.337 e. The van der Waals surface area contributed by atoms with Gasteiger partial charge in [0.1, 0.15) is 5.52 Å². The number of hydrogen-bond acceptors (Lipinski definition) is 9. The quantitative estimate of drug-likeness (QED) is 0.247. The standard InChI is InChI=1S/C29H29ClFN9O4/c1-2-43-29(42)24-15-37(7-8-44-24)23-9-18(17-3-4-17)11-39-12-19(34-27(23)39)13-40-14-22(35-36-40)28(41)32-10-21-26-25(31)20(30)5-6-38(26)16-33-21/h5-6,9,11-12,14,16-17,24H,2-4,7-8,10,13,15H2,1H3,(H,32,41). The van der Waals surface area contributed by atoms with Crippen LogP contribution in [-0.4, -0.2) is 78.0 Å². The fourth-order valence-corrected chi connectivity index (χ4v) is 5.61. The second kappa shape index (κ2) is 11.5. The molecule has 0 aromatic carbocycles. The van der Waals surface area contributed by atoms with Crippen molar-refractivity contribution in [1.82, 2.24) is 39.1 Å². The number of pyridine rings is 2. The van der Waals surface area contributed by atoms with E-state index in [1.165, 1.54) is 33.2 Å². The summed E-state index contributed by atoms with van der Waals surface area (Å²) in [5.74, 6) is -0.934. The van der Waals surface area contributed by atoms with Crippen molar-refractivity contribution in [3.05, 3.63) is 76.7 Å². The maximum atomic E-state index is 14.5. The molecule has 0 spiro atoms. The molecule has 6 heterocycles. The van der Waals surface area contributed by atoms with Gasteiger partial charge in [-0.1, -0.05) is 16.8 Å². The van der Waals surface area contributed by atoms with Crippen LogP contribution in [0.25, 0.3) is 11.2 Å². The van der Waals surface area contributed by atoms with Gasteiger partial charge in [0.25, 0.3) is 5.91 Å². The van der Waals surface area contributed by atoms with Gasteiger partial charge in [-0.3, -0.25) is 4.79 Å². The van der Waals surface area contributed by atoms with Gasteiger partial charge in [0, 0.05) is 25.1 Å². The Labute approximate surface area is 255 Å². The molecule has 0 radical (unpaired) electrons. The van der Waals surface area contributed by atoms with Crippen LogP contribution in [0.5, 0.6) is 0 Å². The van der Waals surface area contributed by atoms with Crippen molar-refractivity contribution >= 4 is 40.3 Å². The summed E-state index contributed by atoms with van der Waals surface area (Å²) >= 11 is 5.91. The van der Waals surface area contributed by atoms with Gasteiger partial charge in [-0.25, -0.2) is 23.8 Å². The number of hydrogen-bond donors (Lipinski definition) is 1. The molecule has 5 aromatic heterocycles. The van der Waals surface area contributed by atoms with E-state index in [1.807, 2.05) is 10.6 Å². The third-order valence-electron chi connectivity index (χ3n) is 7.79. The van der Waals surface area contributed by atoms with Crippen LogP contribution in [0.1, 0.15) is 53.1 Å². The number of amides is 1. The Bertz CT molecular complexity index is 1880. The first-order chi connectivity index (χ1) is 21.4. The third-order valence-corrected chi connectivity index (χ3v) is 8.08. The number of halogens is 2. The van der Waals surface area contributed by atoms with Crippen LogP contribution in [0.3, 0.4) is 0 Å². The fourth-order valence-electron chi connectivity index (χ4n) is 5.46. The lowest BCUT2D eigenvalue weighted by atomic mass is 10.1. The SMILES string of the molecule is CCOC(=O)C1CN(c2cc(C3CC3)cn3cc(Cn4cc(C(=O)NCc5ncn6ccc(Cl)c(F)c56)nn4)nc23)CCO1. The van der Waals surface area contributed by atoms with Crippen LogP contribution in [-0.2, 0) is 27.4 Å². The average molecular weight is 622 g/mol. The predicted octanol–water partition coefficient (Wildman–Crippen LogP) is 2.99. The molecule has 1 saturated heterocycles. The lowest BCUT2D eigenvalue weighted by molar-refractivity contribution is -0.157. The Hall–Kier alpha value is -4.56. The molecular weight excluding hydrogens is 593 g/mol. The zero-order valence-corrected chi connectivity index (χ0v) is 24.6. The molecule has 7 rings (SSSR count). The lowest BCUT2D eigenvalue weighted by Gasteiger charge is -2.33. The number of morpholine rings is 1. The maximum Gasteiger partial charge on any atom is 0.337 e. The van der Waals surface area contributed by atoms with Gasteiger partial charge >= 0.3 is 5.97 Å². The highest BCUT2D eigenvalue weighted by Crippen LogP contribution is 2.42. The average Bonchev–Trinajstić information content (AvgIpc) is 3.42. The van der Waals surface area contributed by atoms with Crippen LogP contribution >= 0.6 is 11.6 Å². The highest BCUT2D eigenvalue weighted by molar-refractivity contribution is 6.31. The largest absolute Gasteiger partial charge is 0.464 e. The Morgan fingerprint density at radius 3 is 2.91 bits per heavy atom. The molecule has 44 heavy (non-hydrogen) atoms. The van der Waals surface area contributed by atoms with Crippen molar-refractivity contribution in [2.45, 2.75) is 44.9 Å². The van der Waals surface area contributed by atoms with E-state index in [0.717, 1.165) is 29.9 Å². The Morgan fingerprint density at radius 1 is 1.23 bits per heavy atom. The summed E-state index contributed by atoms with van der Waals surface area (Å²) in [6, 6.07) is 3.60. The molecular formula is C29H29ClFN9O4. The van der Waals surface area contributed by atoms with E-state index in [1.54, 1.807) is 13.1 Å². The summed E-state index contributed by atoms with van der Waals surface area (Å²) in [7, 11) is 0. The van der Waals surface area contributed by atoms with Gasteiger partial charge in [0.2, 0.25) is 0 Å². The number of nitrogens with zero attached hydrogens (tertiary/aromatic N) is 8. The van der Waals surface area contributed by atoms with E-state index in [-0.39, 0.29) is 35.3 Å². The predicted molar refractivity (Wildman–Crippen MR) is 156 cm³/mol. The second-order valence-electron chi connectivity index (χ2n) is 10.9. The summed E-state index contributed by atoms with van der Waals surface area (Å²) in [4.78, 5) is 36.4. The molecule has 1 aliphatic heterocycles. The number of nitrogens with one attached hydrogen (secondary N) is 1. The zero-order valence-electron chi connectivity index (χ0n) is 23.8. The minimum atomic E-state index is -0.660. The Balaban J connectivity index is 1.08. The monoisotopic (exact) mass is 621 g/mol. The fraction of sp³-hybridized carbons (Fsp3) is 0.379. The highest BCUT2D eigenvalue weighted by atomic mass is 35.5. The van der Waals surface area contributed by atoms with Gasteiger partial charge < -0.3 is 28.5 Å². The molecule has 1 atom stereocenters. The normalized spacial score (nSPS) is 17.0. The first-order valence-electron chi connectivity index (χ1n) is 14.4. The number of fused-ring (bicyclic) bond motifs is 2. The van der Waals surface area contributed by atoms with Crippen molar-refractivity contribution < 1.29 is 23.5 Å². The van der Waals surface area contributed by atoms with Crippen LogP contribution in [0, 0.1) is 5.82 Å². The minimum Gasteiger partial charge on any atom is -0.464 e. The van der Waals surface area contributed by atoms with E-state index in [9.17, 15) is 14.0 Å². The summed E-state index contributed by atoms with van der Waals surface area (Å²) in [5.41, 5.74) is 4.28. The molecule has 13 nitrogen and oxygen atoms in total. The summed E-state index contributed by atoms with van der Waals surface area (Å²) in [6.45, 7) is 3.74. The number of imidazole rings is 2. The van der Waals surface area contributed by atoms with Gasteiger partial charge in [0.15, 0.2) is 23.3 Å². The van der Waals surface area contributed by atoms with E-state index in [4.69, 9.17) is 26.1 Å². The summed E-state index contributed by atoms with van der Waals surface area (Å²) in [6.07, 6.45) is 10.3. The topological polar surface area (TPSA) is 133 Å². The molecule has 0 bridgehead atoms. The minimum absolute atomic E-state index is 0.0173. The van der Waals surface area contributed by atoms with Gasteiger partial charge in [-0.15, -0.1) is 5.10 Å². The number of carbonyl (C=O) groups is 2. The van der Waals surface area contributed by atoms with Gasteiger partial charge in [-0.05, 0) is 43.4 Å². The van der Waals surface area contributed by atoms with Crippen molar-refractivity contribution in [2.24, 2.45) is 0 Å². The van der Waals surface area contributed by atoms with Crippen molar-refractivity contribution in [3.8, 4) is 0 Å². The van der Waals surface area contributed by atoms with Crippen molar-refractivity contribution in [3.63, 3.8) is 0 Å². The first kappa shape index (κ1) is 28.2. The lowest BCUT2D eigenvalue weighted by Crippen LogP contribution is -2.47. The highest BCUT2D eigenvalue weighted by Gasteiger charge is 2.31. The van der Waals surface area contributed by atoms with Crippen LogP contribution in [0.15, 0.2) is 43.2 Å². The first-order valence-corrected chi connectivity index (χ1v) is 14.8. The van der Waals surface area contributed by atoms with Crippen LogP contribution in [0.4, 0.5) is 10.1 Å². The number of aromatic nitrogens is 7. The van der Waals surface area contributed by atoms with E-state index in [0.29, 0.717) is 37.9 Å². The molecule has 5 aromatic rings. The molecule has 1 aliphatic carbocycles. The van der Waals surface area contributed by atoms with Crippen LogP contribution in [0.2, 0.25) is 5.02 Å². The molecule has 1 N–H and O–H groups in total. The second-order valence-corrected chi connectivity index (χ2v) is 11.3. The summed E-state index contributed by atoms with van der Waals surface area (Å²) < 4.78 is 30.5. The number of rotatable bonds is 9. The number of ether oxygens (including phenoxy) is 2. The van der Waals surface area contributed by atoms with E-state index in [2.05, 4.69) is 37.8 Å². The molecule has 1 unspecified atom stereocenters. The number of carbonyl (C=O) groups excluding carboxylic acids is 2. The summed E-state index contributed by atoms with van der Waals surface area (Å²) in [5, 5.41) is 10.8. The van der Waals surface area contributed by atoms with Gasteiger partial charge in [0.05, 0.1) is 67.5 Å². The van der Waals surface area contributed by atoms with Crippen molar-refractivity contribution in [1.29, 1.82) is 0 Å². The molecule has 2 fully saturated rings. The van der Waals surface area contributed by atoms with Crippen LogP contribution < -0.4 is 10.2 Å². The molecule has 2 aliphatic rings. The zero-order chi connectivity index (χ0) is 30.4. The number of anilines is 1. The van der Waals surface area contributed by atoms with E-state index < -0.39 is 17.8 Å². The maximum absolute atomic E-state index is 14.5. The molecule has 15 heteroatoms. The van der Waals surface area contributed by atoms with Gasteiger partial charge in [-0.2, -0.15) is 0 Å². The number of esters is 1. The molecule has 228 valence electrons. The van der Waals surface area contributed by atoms with Crippen molar-refractivity contribution in [2.75, 3.05) is 31.2 Å².